The van der Waals surface area contributed by atoms with Crippen molar-refractivity contribution in [1.29, 1.82) is 0 Å². The van der Waals surface area contributed by atoms with E-state index in [0.29, 0.717) is 10.7 Å². The summed E-state index contributed by atoms with van der Waals surface area (Å²) in [5.41, 5.74) is 2.50. The van der Waals surface area contributed by atoms with Crippen LogP contribution in [0, 0.1) is 0 Å². The maximum absolute atomic E-state index is 6.07. The minimum absolute atomic E-state index is 0.659. The van der Waals surface area contributed by atoms with Gasteiger partial charge in [-0.1, -0.05) is 17.7 Å². The van der Waals surface area contributed by atoms with Gasteiger partial charge in [-0.25, -0.2) is 0 Å². The molecule has 6 nitrogen and oxygen atoms in total. The number of fused-ring (bicyclic) bond motifs is 3. The average molecular weight is 303 g/mol. The Morgan fingerprint density at radius 3 is 2.95 bits per heavy atom. The van der Waals surface area contributed by atoms with Gasteiger partial charge in [0.15, 0.2) is 0 Å². The van der Waals surface area contributed by atoms with E-state index in [4.69, 9.17) is 11.6 Å². The van der Waals surface area contributed by atoms with E-state index in [2.05, 4.69) is 33.5 Å². The van der Waals surface area contributed by atoms with E-state index in [1.165, 1.54) is 0 Å². The van der Waals surface area contributed by atoms with Gasteiger partial charge in [-0.05, 0) is 42.5 Å². The smallest absolute Gasteiger partial charge is 0.203 e. The zero-order valence-electron chi connectivity index (χ0n) is 11.9. The number of hydrogen-bond donors (Lipinski definition) is 0. The Morgan fingerprint density at radius 2 is 2.19 bits per heavy atom. The fourth-order valence-electron chi connectivity index (χ4n) is 2.25. The maximum Gasteiger partial charge on any atom is 0.203 e. The highest BCUT2D eigenvalue weighted by Crippen LogP contribution is 2.27. The van der Waals surface area contributed by atoms with Gasteiger partial charge in [-0.2, -0.15) is 4.52 Å². The lowest BCUT2D eigenvalue weighted by Gasteiger charge is -2.18. The number of pyridine rings is 1. The van der Waals surface area contributed by atoms with E-state index in [1.807, 2.05) is 36.4 Å². The van der Waals surface area contributed by atoms with Crippen LogP contribution < -0.4 is 4.90 Å². The molecule has 0 spiro atoms. The highest BCUT2D eigenvalue weighted by atomic mass is 35.5. The summed E-state index contributed by atoms with van der Waals surface area (Å²) in [5.74, 6) is 0. The third-order valence-corrected chi connectivity index (χ3v) is 3.50. The van der Waals surface area contributed by atoms with Crippen molar-refractivity contribution in [2.75, 3.05) is 18.0 Å². The molecular weight excluding hydrogens is 288 g/mol. The maximum atomic E-state index is 6.07. The quantitative estimate of drug-likeness (QED) is 0.549. The molecule has 0 saturated carbocycles. The third-order valence-electron chi connectivity index (χ3n) is 3.27. The number of aliphatic imine (C=N–C) groups is 1. The minimum Gasteiger partial charge on any atom is -0.330 e. The summed E-state index contributed by atoms with van der Waals surface area (Å²) < 4.78 is 1.71. The van der Waals surface area contributed by atoms with Crippen molar-refractivity contribution in [2.24, 2.45) is 4.99 Å². The van der Waals surface area contributed by atoms with E-state index in [-0.39, 0.29) is 0 Å². The van der Waals surface area contributed by atoms with Crippen LogP contribution in [0.3, 0.4) is 0 Å². The normalized spacial score (nSPS) is 11.8. The molecule has 2 aromatic heterocycles. The first-order valence-electron chi connectivity index (χ1n) is 6.81. The number of aromatic nitrogens is 4. The van der Waals surface area contributed by atoms with Gasteiger partial charge < -0.3 is 4.90 Å². The second kappa shape index (κ2) is 5.65. The van der Waals surface area contributed by atoms with Crippen molar-refractivity contribution < 1.29 is 0 Å². The minimum atomic E-state index is 0.659. The summed E-state index contributed by atoms with van der Waals surface area (Å²) in [6.07, 6.45) is 1.83. The lowest BCUT2D eigenvalue weighted by molar-refractivity contribution is 0.841. The zero-order valence-corrected chi connectivity index (χ0v) is 12.6. The summed E-state index contributed by atoms with van der Waals surface area (Å²) in [6.45, 7) is 5.58. The summed E-state index contributed by atoms with van der Waals surface area (Å²) in [7, 11) is 0. The van der Waals surface area contributed by atoms with Gasteiger partial charge in [-0.3, -0.25) is 4.99 Å². The zero-order chi connectivity index (χ0) is 14.8. The van der Waals surface area contributed by atoms with E-state index in [1.54, 1.807) is 4.52 Å². The Labute approximate surface area is 127 Å². The second-order valence-corrected chi connectivity index (χ2v) is 4.98. The van der Waals surface area contributed by atoms with Gasteiger partial charge in [0.05, 0.1) is 17.5 Å². The van der Waals surface area contributed by atoms with Gasteiger partial charge >= 0.3 is 0 Å². The second-order valence-electron chi connectivity index (χ2n) is 4.55. The summed E-state index contributed by atoms with van der Waals surface area (Å²) in [4.78, 5) is 6.34. The molecule has 0 aliphatic carbocycles. The fraction of sp³-hybridized carbons (Fsp3) is 0.286. The highest BCUT2D eigenvalue weighted by Gasteiger charge is 2.14. The predicted octanol–water partition coefficient (Wildman–Crippen LogP) is 2.81. The van der Waals surface area contributed by atoms with Crippen molar-refractivity contribution >= 4 is 40.2 Å². The molecule has 0 amide bonds. The molecule has 2 heterocycles. The van der Waals surface area contributed by atoms with Gasteiger partial charge in [0.2, 0.25) is 5.65 Å². The number of benzene rings is 1. The Morgan fingerprint density at radius 1 is 1.33 bits per heavy atom. The van der Waals surface area contributed by atoms with Crippen LogP contribution in [-0.2, 0) is 0 Å². The van der Waals surface area contributed by atoms with Crippen LogP contribution in [0.2, 0.25) is 5.02 Å². The van der Waals surface area contributed by atoms with Crippen molar-refractivity contribution in [3.63, 3.8) is 0 Å². The number of hydrogen-bond acceptors (Lipinski definition) is 4. The molecule has 0 radical (unpaired) electrons. The molecule has 0 aliphatic heterocycles. The number of nitrogens with zero attached hydrogens (tertiary/aromatic N) is 6. The van der Waals surface area contributed by atoms with Crippen LogP contribution >= 0.6 is 11.6 Å². The first-order valence-corrected chi connectivity index (χ1v) is 7.19. The molecule has 21 heavy (non-hydrogen) atoms. The van der Waals surface area contributed by atoms with Gasteiger partial charge in [-0.15, -0.1) is 5.10 Å². The van der Waals surface area contributed by atoms with E-state index in [9.17, 15) is 0 Å². The number of rotatable bonds is 4. The van der Waals surface area contributed by atoms with Crippen LogP contribution in [0.15, 0.2) is 29.3 Å². The van der Waals surface area contributed by atoms with Crippen molar-refractivity contribution in [2.45, 2.75) is 13.8 Å². The number of tetrazole rings is 1. The van der Waals surface area contributed by atoms with Crippen molar-refractivity contribution in [3.8, 4) is 0 Å². The average Bonchev–Trinajstić information content (AvgIpc) is 2.98. The van der Waals surface area contributed by atoms with Crippen LogP contribution in [0.1, 0.15) is 13.8 Å². The molecule has 3 rings (SSSR count). The van der Waals surface area contributed by atoms with E-state index < -0.39 is 0 Å². The number of halogens is 1. The fourth-order valence-corrected chi connectivity index (χ4v) is 2.42. The lowest BCUT2D eigenvalue weighted by atomic mass is 10.2. The highest BCUT2D eigenvalue weighted by molar-refractivity contribution is 6.31. The largest absolute Gasteiger partial charge is 0.330 e. The Kier molecular flexibility index (Phi) is 3.70. The molecule has 0 aliphatic rings. The molecule has 0 atom stereocenters. The molecule has 0 N–H and O–H groups in total. The summed E-state index contributed by atoms with van der Waals surface area (Å²) in [6, 6.07) is 7.75. The molecule has 108 valence electrons. The van der Waals surface area contributed by atoms with Gasteiger partial charge in [0.25, 0.3) is 0 Å². The van der Waals surface area contributed by atoms with Gasteiger partial charge in [0, 0.05) is 23.5 Å². The summed E-state index contributed by atoms with van der Waals surface area (Å²) in [5, 5.41) is 13.7. The first-order chi connectivity index (χ1) is 10.2. The monoisotopic (exact) mass is 302 g/mol. The molecule has 0 bridgehead atoms. The third kappa shape index (κ3) is 2.42. The van der Waals surface area contributed by atoms with Crippen molar-refractivity contribution in [3.05, 3.63) is 29.3 Å². The van der Waals surface area contributed by atoms with E-state index >= 15 is 0 Å². The van der Waals surface area contributed by atoms with Crippen LogP contribution in [-0.4, -0.2) is 39.5 Å². The molecule has 1 aromatic carbocycles. The van der Waals surface area contributed by atoms with Crippen LogP contribution in [0.4, 0.5) is 5.69 Å². The Hall–Kier alpha value is -2.21. The SMILES string of the molecule is CCN=CN(CC)c1cc2ccc(Cl)cc2n2nnnc12. The topological polar surface area (TPSA) is 58.7 Å². The number of anilines is 1. The Balaban J connectivity index is 2.28. The molecule has 0 saturated heterocycles. The van der Waals surface area contributed by atoms with Crippen LogP contribution in [0.25, 0.3) is 16.6 Å². The predicted molar refractivity (Wildman–Crippen MR) is 85.4 cm³/mol. The Bertz CT molecular complexity index is 810. The molecule has 3 aromatic rings. The molecular formula is C14H15ClN6. The van der Waals surface area contributed by atoms with Crippen molar-refractivity contribution in [1.82, 2.24) is 20.0 Å². The van der Waals surface area contributed by atoms with Crippen LogP contribution in [0.5, 0.6) is 0 Å². The van der Waals surface area contributed by atoms with Gasteiger partial charge in [0.1, 0.15) is 0 Å². The summed E-state index contributed by atoms with van der Waals surface area (Å²) >= 11 is 6.07. The standard InChI is InChI=1S/C14H15ClN6/c1-3-16-9-20(4-2)13-7-10-5-6-11(15)8-12(10)21-14(13)17-18-19-21/h5-9H,3-4H2,1-2H3. The first kappa shape index (κ1) is 13.8. The lowest BCUT2D eigenvalue weighted by Crippen LogP contribution is -2.21. The molecule has 0 fully saturated rings. The molecule has 7 heteroatoms. The van der Waals surface area contributed by atoms with E-state index in [0.717, 1.165) is 29.7 Å². The molecule has 0 unspecified atom stereocenters.